The number of rotatable bonds is 7. The molecule has 0 saturated carbocycles. The molecule has 1 N–H and O–H groups in total. The molecule has 1 aromatic heterocycles. The van der Waals surface area contributed by atoms with Crippen LogP contribution in [0.3, 0.4) is 0 Å². The van der Waals surface area contributed by atoms with E-state index in [1.165, 1.54) is 0 Å². The molecule has 1 unspecified atom stereocenters. The van der Waals surface area contributed by atoms with Gasteiger partial charge in [-0.3, -0.25) is 4.90 Å². The first-order valence-electron chi connectivity index (χ1n) is 7.16. The highest BCUT2D eigenvalue weighted by Gasteiger charge is 2.33. The molecule has 0 amide bonds. The second kappa shape index (κ2) is 6.48. The van der Waals surface area contributed by atoms with Gasteiger partial charge in [-0.1, -0.05) is 13.8 Å². The molecular weight excluding hydrogens is 240 g/mol. The van der Waals surface area contributed by atoms with Crippen LogP contribution in [0.4, 0.5) is 0 Å². The van der Waals surface area contributed by atoms with Gasteiger partial charge in [0.2, 0.25) is 0 Å². The maximum Gasteiger partial charge on any atom is 0.138 e. The van der Waals surface area contributed by atoms with E-state index in [1.807, 2.05) is 4.68 Å². The van der Waals surface area contributed by atoms with Crippen molar-refractivity contribution in [3.63, 3.8) is 0 Å². The van der Waals surface area contributed by atoms with Gasteiger partial charge in [0.1, 0.15) is 12.2 Å². The summed E-state index contributed by atoms with van der Waals surface area (Å²) < 4.78 is 1.88. The predicted octanol–water partition coefficient (Wildman–Crippen LogP) is 1.88. The van der Waals surface area contributed by atoms with Gasteiger partial charge in [0.25, 0.3) is 0 Å². The highest BCUT2D eigenvalue weighted by molar-refractivity contribution is 4.97. The lowest BCUT2D eigenvalue weighted by Crippen LogP contribution is -2.53. The first-order chi connectivity index (χ1) is 8.84. The summed E-state index contributed by atoms with van der Waals surface area (Å²) in [5.74, 6) is 0.850. The van der Waals surface area contributed by atoms with E-state index in [4.69, 9.17) is 0 Å². The van der Waals surface area contributed by atoms with Crippen molar-refractivity contribution >= 4 is 0 Å². The van der Waals surface area contributed by atoms with E-state index in [-0.39, 0.29) is 11.6 Å². The molecule has 1 atom stereocenters. The number of aliphatic hydroxyl groups is 1. The molecule has 0 bridgehead atoms. The van der Waals surface area contributed by atoms with Crippen molar-refractivity contribution in [2.24, 2.45) is 0 Å². The van der Waals surface area contributed by atoms with Crippen molar-refractivity contribution in [3.05, 3.63) is 12.2 Å². The topological polar surface area (TPSA) is 54.2 Å². The number of aliphatic hydroxyl groups excluding tert-OH is 1. The molecule has 0 aromatic carbocycles. The van der Waals surface area contributed by atoms with Crippen LogP contribution in [0, 0.1) is 0 Å². The first-order valence-corrected chi connectivity index (χ1v) is 7.16. The molecule has 5 nitrogen and oxygen atoms in total. The van der Waals surface area contributed by atoms with Gasteiger partial charge in [-0.05, 0) is 40.8 Å². The van der Waals surface area contributed by atoms with E-state index in [2.05, 4.69) is 56.5 Å². The Morgan fingerprint density at radius 2 is 1.89 bits per heavy atom. The number of aromatic nitrogens is 3. The number of nitrogens with zero attached hydrogens (tertiary/aromatic N) is 4. The quantitative estimate of drug-likeness (QED) is 0.820. The fraction of sp³-hybridized carbons (Fsp3) is 0.857. The Labute approximate surface area is 116 Å². The second-order valence-electron chi connectivity index (χ2n) is 5.76. The van der Waals surface area contributed by atoms with Gasteiger partial charge in [0, 0.05) is 18.0 Å². The summed E-state index contributed by atoms with van der Waals surface area (Å²) in [4.78, 5) is 6.55. The van der Waals surface area contributed by atoms with Gasteiger partial charge in [0.05, 0.1) is 6.10 Å². The Bertz CT molecular complexity index is 383. The molecule has 1 aromatic rings. The molecule has 0 saturated heterocycles. The van der Waals surface area contributed by atoms with Crippen molar-refractivity contribution in [1.82, 2.24) is 19.7 Å². The van der Waals surface area contributed by atoms with Crippen molar-refractivity contribution in [3.8, 4) is 0 Å². The Morgan fingerprint density at radius 1 is 1.32 bits per heavy atom. The summed E-state index contributed by atoms with van der Waals surface area (Å²) in [6, 6.07) is 0.265. The van der Waals surface area contributed by atoms with Crippen LogP contribution in [-0.4, -0.2) is 49.5 Å². The second-order valence-corrected chi connectivity index (χ2v) is 5.76. The van der Waals surface area contributed by atoms with Crippen molar-refractivity contribution < 1.29 is 5.11 Å². The SMILES string of the molecule is CCN(CC)C(C)(C)C(O)Cc1ncnn1C(C)C. The average Bonchev–Trinajstić information content (AvgIpc) is 2.78. The zero-order chi connectivity index (χ0) is 14.6. The molecule has 0 radical (unpaired) electrons. The normalized spacial score (nSPS) is 14.4. The Kier molecular flexibility index (Phi) is 5.50. The predicted molar refractivity (Wildman–Crippen MR) is 77.1 cm³/mol. The summed E-state index contributed by atoms with van der Waals surface area (Å²) >= 11 is 0. The summed E-state index contributed by atoms with van der Waals surface area (Å²) in [6.45, 7) is 14.4. The minimum Gasteiger partial charge on any atom is -0.391 e. The average molecular weight is 268 g/mol. The van der Waals surface area contributed by atoms with Gasteiger partial charge in [0.15, 0.2) is 0 Å². The van der Waals surface area contributed by atoms with Crippen LogP contribution in [0.15, 0.2) is 6.33 Å². The highest BCUT2D eigenvalue weighted by Crippen LogP contribution is 2.22. The van der Waals surface area contributed by atoms with Gasteiger partial charge >= 0.3 is 0 Å². The molecule has 5 heteroatoms. The van der Waals surface area contributed by atoms with Gasteiger partial charge < -0.3 is 5.11 Å². The third-order valence-electron chi connectivity index (χ3n) is 3.91. The highest BCUT2D eigenvalue weighted by atomic mass is 16.3. The van der Waals surface area contributed by atoms with Gasteiger partial charge in [-0.15, -0.1) is 0 Å². The van der Waals surface area contributed by atoms with Crippen molar-refractivity contribution in [1.29, 1.82) is 0 Å². The molecule has 110 valence electrons. The largest absolute Gasteiger partial charge is 0.391 e. The van der Waals surface area contributed by atoms with Crippen LogP contribution in [0.2, 0.25) is 0 Å². The van der Waals surface area contributed by atoms with Crippen LogP contribution in [0.25, 0.3) is 0 Å². The smallest absolute Gasteiger partial charge is 0.138 e. The van der Waals surface area contributed by atoms with E-state index in [9.17, 15) is 5.11 Å². The van der Waals surface area contributed by atoms with Crippen molar-refractivity contribution in [2.75, 3.05) is 13.1 Å². The minimum atomic E-state index is -0.464. The summed E-state index contributed by atoms with van der Waals surface area (Å²) in [5.41, 5.74) is -0.267. The molecule has 0 fully saturated rings. The van der Waals surface area contributed by atoms with Crippen molar-refractivity contribution in [2.45, 2.75) is 65.6 Å². The molecule has 0 aliphatic heterocycles. The fourth-order valence-electron chi connectivity index (χ4n) is 2.52. The summed E-state index contributed by atoms with van der Waals surface area (Å²) in [7, 11) is 0. The maximum absolute atomic E-state index is 10.6. The van der Waals surface area contributed by atoms with Crippen LogP contribution in [0.5, 0.6) is 0 Å². The van der Waals surface area contributed by atoms with E-state index in [0.717, 1.165) is 18.9 Å². The molecule has 19 heavy (non-hydrogen) atoms. The standard InChI is InChI=1S/C14H28N4O/c1-7-17(8-2)14(5,6)12(19)9-13-15-10-16-18(13)11(3)4/h10-12,19H,7-9H2,1-6H3. The fourth-order valence-corrected chi connectivity index (χ4v) is 2.52. The number of likely N-dealkylation sites (N-methyl/N-ethyl adjacent to an activating group) is 1. The van der Waals surface area contributed by atoms with E-state index >= 15 is 0 Å². The minimum absolute atomic E-state index is 0.265. The lowest BCUT2D eigenvalue weighted by molar-refractivity contribution is -0.00581. The monoisotopic (exact) mass is 268 g/mol. The zero-order valence-electron chi connectivity index (χ0n) is 13.1. The zero-order valence-corrected chi connectivity index (χ0v) is 13.1. The molecule has 0 aliphatic rings. The molecular formula is C14H28N4O. The lowest BCUT2D eigenvalue weighted by Gasteiger charge is -2.40. The Morgan fingerprint density at radius 3 is 2.37 bits per heavy atom. The third-order valence-corrected chi connectivity index (χ3v) is 3.91. The van der Waals surface area contributed by atoms with E-state index in [0.29, 0.717) is 6.42 Å². The third kappa shape index (κ3) is 3.54. The molecule has 0 spiro atoms. The van der Waals surface area contributed by atoms with Crippen LogP contribution in [-0.2, 0) is 6.42 Å². The Hall–Kier alpha value is -0.940. The van der Waals surface area contributed by atoms with Gasteiger partial charge in [-0.2, -0.15) is 5.10 Å². The summed E-state index contributed by atoms with van der Waals surface area (Å²) in [5, 5.41) is 14.8. The molecule has 1 rings (SSSR count). The Balaban J connectivity index is 2.83. The molecule has 1 heterocycles. The van der Waals surface area contributed by atoms with E-state index in [1.54, 1.807) is 6.33 Å². The number of hydrogen-bond acceptors (Lipinski definition) is 4. The number of hydrogen-bond donors (Lipinski definition) is 1. The summed E-state index contributed by atoms with van der Waals surface area (Å²) in [6.07, 6.45) is 1.63. The van der Waals surface area contributed by atoms with Crippen LogP contribution in [0.1, 0.15) is 53.4 Å². The van der Waals surface area contributed by atoms with Crippen LogP contribution >= 0.6 is 0 Å². The molecule has 0 aliphatic carbocycles. The van der Waals surface area contributed by atoms with Gasteiger partial charge in [-0.25, -0.2) is 9.67 Å². The lowest BCUT2D eigenvalue weighted by atomic mass is 9.92. The van der Waals surface area contributed by atoms with Crippen LogP contribution < -0.4 is 0 Å². The van der Waals surface area contributed by atoms with E-state index < -0.39 is 6.10 Å². The maximum atomic E-state index is 10.6. The first kappa shape index (κ1) is 16.1.